The van der Waals surface area contributed by atoms with Crippen LogP contribution in [0.5, 0.6) is 0 Å². The molecule has 0 unspecified atom stereocenters. The Labute approximate surface area is 81.6 Å². The minimum Gasteiger partial charge on any atom is -1.00 e. The van der Waals surface area contributed by atoms with Crippen LogP contribution in [0.15, 0.2) is 12.2 Å². The Hall–Kier alpha value is 1.24. The second kappa shape index (κ2) is 11.1. The number of allylic oxidation sites excluding steroid dienone is 2. The molecule has 0 aliphatic heterocycles. The Bertz CT molecular complexity index is 52.5. The van der Waals surface area contributed by atoms with Crippen LogP contribution in [0.4, 0.5) is 0 Å². The van der Waals surface area contributed by atoms with Crippen molar-refractivity contribution in [1.29, 1.82) is 0 Å². The van der Waals surface area contributed by atoms with Crippen molar-refractivity contribution in [3.8, 4) is 0 Å². The topological polar surface area (TPSA) is 0 Å². The molecule has 8 heavy (non-hydrogen) atoms. The summed E-state index contributed by atoms with van der Waals surface area (Å²) >= 11 is 2.03. The first kappa shape index (κ1) is 12.0. The van der Waals surface area contributed by atoms with Crippen LogP contribution in [0.3, 0.4) is 0 Å². The molecule has 0 N–H and O–H groups in total. The van der Waals surface area contributed by atoms with E-state index in [1.165, 1.54) is 17.4 Å². The van der Waals surface area contributed by atoms with E-state index in [2.05, 4.69) is 19.1 Å². The first-order valence-electron chi connectivity index (χ1n) is 2.86. The third kappa shape index (κ3) is 10.3. The van der Waals surface area contributed by atoms with Crippen molar-refractivity contribution in [2.24, 2.45) is 0 Å². The van der Waals surface area contributed by atoms with E-state index in [9.17, 15) is 0 Å². The molecule has 0 aromatic heterocycles. The maximum atomic E-state index is 2.24. The molecule has 0 heterocycles. The van der Waals surface area contributed by atoms with Crippen molar-refractivity contribution >= 4 is 21.7 Å². The molecular weight excluding hydrogens is 223 g/mol. The van der Waals surface area contributed by atoms with Gasteiger partial charge in [-0.3, -0.25) is 0 Å². The van der Waals surface area contributed by atoms with Gasteiger partial charge in [-0.25, -0.2) is 0 Å². The third-order valence-corrected chi connectivity index (χ3v) is 1.18. The average Bonchev–Trinajstić information content (AvgIpc) is 1.69. The Morgan fingerprint density at radius 3 is 2.38 bits per heavy atom. The average molecular weight is 234 g/mol. The van der Waals surface area contributed by atoms with Crippen LogP contribution in [0, 0.1) is 0 Å². The summed E-state index contributed by atoms with van der Waals surface area (Å²) in [6.45, 7) is 2.16. The molecule has 0 radical (unpaired) electrons. The van der Waals surface area contributed by atoms with Crippen molar-refractivity contribution in [2.75, 3.05) is 0 Å². The molecule has 44 valence electrons. The van der Waals surface area contributed by atoms with E-state index in [1.807, 2.05) is 21.7 Å². The van der Waals surface area contributed by atoms with Gasteiger partial charge in [0.2, 0.25) is 0 Å². The predicted octanol–water partition coefficient (Wildman–Crippen LogP) is -1.07. The summed E-state index contributed by atoms with van der Waals surface area (Å²) in [4.78, 5) is 0. The zero-order valence-corrected chi connectivity index (χ0v) is 8.93. The van der Waals surface area contributed by atoms with Gasteiger partial charge in [0.1, 0.15) is 0 Å². The molecule has 0 spiro atoms. The van der Waals surface area contributed by atoms with Crippen molar-refractivity contribution < 1.29 is 24.0 Å². The normalized spacial score (nSPS) is 9.38. The molecule has 0 saturated carbocycles. The molecule has 0 amide bonds. The standard InChI is InChI=1S/C6H11.HI.Mg/c1-3-5-6-4-2;;/h5-6H,1,3-4H2,2H3;1H;/q;;+1/p-1/b6-5-;;. The van der Waals surface area contributed by atoms with Crippen molar-refractivity contribution in [3.63, 3.8) is 0 Å². The van der Waals surface area contributed by atoms with Crippen LogP contribution >= 0.6 is 0 Å². The van der Waals surface area contributed by atoms with Gasteiger partial charge in [-0.1, -0.05) is 0 Å². The molecule has 0 nitrogen and oxygen atoms in total. The first-order chi connectivity index (χ1) is 3.41. The zero-order chi connectivity index (χ0) is 5.54. The summed E-state index contributed by atoms with van der Waals surface area (Å²) < 4.78 is 1.30. The molecule has 0 aromatic carbocycles. The Balaban J connectivity index is 0. The molecule has 0 saturated heterocycles. The van der Waals surface area contributed by atoms with Gasteiger partial charge in [0, 0.05) is 0 Å². The molecule has 0 aliphatic rings. The molecule has 0 bridgehead atoms. The molecule has 0 atom stereocenters. The van der Waals surface area contributed by atoms with E-state index in [0.29, 0.717) is 0 Å². The van der Waals surface area contributed by atoms with E-state index >= 15 is 0 Å². The number of hydrogen-bond donors (Lipinski definition) is 0. The van der Waals surface area contributed by atoms with Crippen LogP contribution in [-0.4, -0.2) is 21.7 Å². The summed E-state index contributed by atoms with van der Waals surface area (Å²) in [6, 6.07) is 0. The Morgan fingerprint density at radius 2 is 2.00 bits per heavy atom. The third-order valence-electron chi connectivity index (χ3n) is 0.773. The number of rotatable bonds is 3. The van der Waals surface area contributed by atoms with E-state index in [0.717, 1.165) is 0 Å². The molecular formula is C6H11IMg. The quantitative estimate of drug-likeness (QED) is 0.331. The van der Waals surface area contributed by atoms with Gasteiger partial charge in [-0.15, -0.1) is 0 Å². The fraction of sp³-hybridized carbons (Fsp3) is 0.667. The van der Waals surface area contributed by atoms with Gasteiger partial charge in [0.25, 0.3) is 0 Å². The van der Waals surface area contributed by atoms with Crippen LogP contribution in [-0.2, 0) is 0 Å². The first-order valence-corrected chi connectivity index (χ1v) is 3.86. The SMILES string of the molecule is CC/C=C\C[CH2][Mg+].[I-]. The minimum absolute atomic E-state index is 0. The molecule has 0 aromatic rings. The van der Waals surface area contributed by atoms with Crippen molar-refractivity contribution in [1.82, 2.24) is 0 Å². The second-order valence-electron chi connectivity index (χ2n) is 1.52. The fourth-order valence-electron chi connectivity index (χ4n) is 0.402. The monoisotopic (exact) mass is 234 g/mol. The minimum atomic E-state index is 0. The summed E-state index contributed by atoms with van der Waals surface area (Å²) in [5.41, 5.74) is 0. The van der Waals surface area contributed by atoms with Crippen LogP contribution < -0.4 is 24.0 Å². The zero-order valence-electron chi connectivity index (χ0n) is 5.36. The summed E-state index contributed by atoms with van der Waals surface area (Å²) in [7, 11) is 0. The number of halogens is 1. The van der Waals surface area contributed by atoms with Gasteiger partial charge in [-0.2, -0.15) is 0 Å². The molecule has 0 aliphatic carbocycles. The van der Waals surface area contributed by atoms with Gasteiger partial charge >= 0.3 is 58.2 Å². The van der Waals surface area contributed by atoms with Crippen LogP contribution in [0.1, 0.15) is 19.8 Å². The summed E-state index contributed by atoms with van der Waals surface area (Å²) in [5, 5.41) is 0. The predicted molar refractivity (Wildman–Crippen MR) is 34.6 cm³/mol. The van der Waals surface area contributed by atoms with Gasteiger partial charge in [0.05, 0.1) is 0 Å². The Morgan fingerprint density at radius 1 is 1.38 bits per heavy atom. The van der Waals surface area contributed by atoms with Crippen molar-refractivity contribution in [3.05, 3.63) is 12.2 Å². The van der Waals surface area contributed by atoms with E-state index in [-0.39, 0.29) is 24.0 Å². The van der Waals surface area contributed by atoms with Gasteiger partial charge in [-0.05, 0) is 0 Å². The maximum absolute atomic E-state index is 2.24. The van der Waals surface area contributed by atoms with E-state index < -0.39 is 0 Å². The summed E-state index contributed by atoms with van der Waals surface area (Å²) in [6.07, 6.45) is 6.90. The van der Waals surface area contributed by atoms with Crippen LogP contribution in [0.25, 0.3) is 0 Å². The Kier molecular flexibility index (Phi) is 16.6. The smallest absolute Gasteiger partial charge is 1.00 e. The molecule has 0 rings (SSSR count). The van der Waals surface area contributed by atoms with Gasteiger partial charge < -0.3 is 24.0 Å². The maximum Gasteiger partial charge on any atom is -1.00 e. The second-order valence-corrected chi connectivity index (χ2v) is 2.23. The number of hydrogen-bond acceptors (Lipinski definition) is 0. The van der Waals surface area contributed by atoms with Gasteiger partial charge in [0.15, 0.2) is 0 Å². The van der Waals surface area contributed by atoms with E-state index in [1.54, 1.807) is 0 Å². The summed E-state index contributed by atoms with van der Waals surface area (Å²) in [5.74, 6) is 0. The molecule has 2 heteroatoms. The van der Waals surface area contributed by atoms with E-state index in [4.69, 9.17) is 0 Å². The molecule has 0 fully saturated rings. The largest absolute Gasteiger partial charge is 1.00 e. The van der Waals surface area contributed by atoms with Crippen LogP contribution in [0.2, 0.25) is 4.55 Å². The van der Waals surface area contributed by atoms with Crippen molar-refractivity contribution in [2.45, 2.75) is 24.3 Å². The fourth-order valence-corrected chi connectivity index (χ4v) is 0.638.